The summed E-state index contributed by atoms with van der Waals surface area (Å²) in [5.74, 6) is 2.14. The molecular weight excluding hydrogens is 372 g/mol. The molecule has 2 fully saturated rings. The van der Waals surface area contributed by atoms with Crippen LogP contribution in [-0.4, -0.2) is 68.8 Å². The first kappa shape index (κ1) is 18.9. The van der Waals surface area contributed by atoms with E-state index in [1.807, 2.05) is 23.7 Å². The number of piperazine rings is 1. The molecule has 28 heavy (non-hydrogen) atoms. The number of anilines is 2. The van der Waals surface area contributed by atoms with Crippen molar-refractivity contribution >= 4 is 28.1 Å². The molecule has 8 heteroatoms. The SMILES string of the molecule is COc1ccccc1N1CCC(CN=C(N)N2CCN(c3nccs3)CC2)C1. The molecule has 1 unspecified atom stereocenters. The number of thiazole rings is 1. The third kappa shape index (κ3) is 4.16. The van der Waals surface area contributed by atoms with Gasteiger partial charge in [-0.2, -0.15) is 0 Å². The third-order valence-electron chi connectivity index (χ3n) is 5.52. The largest absolute Gasteiger partial charge is 0.495 e. The average molecular weight is 401 g/mol. The third-order valence-corrected chi connectivity index (χ3v) is 6.35. The van der Waals surface area contributed by atoms with Gasteiger partial charge in [-0.3, -0.25) is 4.99 Å². The summed E-state index contributed by atoms with van der Waals surface area (Å²) in [6.07, 6.45) is 2.99. The van der Waals surface area contributed by atoms with Crippen LogP contribution in [0.5, 0.6) is 5.75 Å². The molecule has 1 atom stereocenters. The molecule has 2 aromatic rings. The second-order valence-electron chi connectivity index (χ2n) is 7.26. The lowest BCUT2D eigenvalue weighted by Crippen LogP contribution is -2.51. The molecule has 0 saturated carbocycles. The molecule has 1 aromatic carbocycles. The highest BCUT2D eigenvalue weighted by Gasteiger charge is 2.25. The zero-order chi connectivity index (χ0) is 19.3. The van der Waals surface area contributed by atoms with Gasteiger partial charge in [0.05, 0.1) is 12.8 Å². The fourth-order valence-corrected chi connectivity index (χ4v) is 4.61. The fraction of sp³-hybridized carbons (Fsp3) is 0.500. The molecule has 0 aliphatic carbocycles. The lowest BCUT2D eigenvalue weighted by molar-refractivity contribution is 0.379. The summed E-state index contributed by atoms with van der Waals surface area (Å²) < 4.78 is 5.50. The fourth-order valence-electron chi connectivity index (χ4n) is 3.91. The van der Waals surface area contributed by atoms with E-state index in [4.69, 9.17) is 15.5 Å². The van der Waals surface area contributed by atoms with E-state index in [0.29, 0.717) is 11.9 Å². The Labute approximate surface area is 170 Å². The molecule has 2 saturated heterocycles. The summed E-state index contributed by atoms with van der Waals surface area (Å²) in [5, 5.41) is 3.12. The molecule has 3 heterocycles. The number of guanidine groups is 1. The van der Waals surface area contributed by atoms with E-state index in [9.17, 15) is 0 Å². The Balaban J connectivity index is 1.28. The molecule has 2 aliphatic heterocycles. The van der Waals surface area contributed by atoms with Gasteiger partial charge in [0.1, 0.15) is 5.75 Å². The molecule has 0 radical (unpaired) electrons. The van der Waals surface area contributed by atoms with Crippen LogP contribution in [0.4, 0.5) is 10.8 Å². The van der Waals surface area contributed by atoms with E-state index in [2.05, 4.69) is 31.8 Å². The van der Waals surface area contributed by atoms with Crippen LogP contribution in [0.1, 0.15) is 6.42 Å². The summed E-state index contributed by atoms with van der Waals surface area (Å²) in [4.78, 5) is 16.0. The monoisotopic (exact) mass is 400 g/mol. The standard InChI is InChI=1S/C20H28N6OS/c1-27-18-5-3-2-4-17(18)26-8-6-16(15-26)14-23-19(21)24-9-11-25(12-10-24)20-22-7-13-28-20/h2-5,7,13,16H,6,8-12,14-15H2,1H3,(H2,21,23). The summed E-state index contributed by atoms with van der Waals surface area (Å²) in [6, 6.07) is 8.22. The van der Waals surface area contributed by atoms with Gasteiger partial charge in [0, 0.05) is 57.4 Å². The van der Waals surface area contributed by atoms with Gasteiger partial charge in [0.2, 0.25) is 0 Å². The highest BCUT2D eigenvalue weighted by Crippen LogP contribution is 2.32. The van der Waals surface area contributed by atoms with E-state index >= 15 is 0 Å². The van der Waals surface area contributed by atoms with Gasteiger partial charge in [-0.15, -0.1) is 11.3 Å². The minimum atomic E-state index is 0.528. The highest BCUT2D eigenvalue weighted by molar-refractivity contribution is 7.13. The van der Waals surface area contributed by atoms with Gasteiger partial charge >= 0.3 is 0 Å². The number of ether oxygens (including phenoxy) is 1. The molecule has 2 aliphatic rings. The minimum absolute atomic E-state index is 0.528. The number of methoxy groups -OCH3 is 1. The van der Waals surface area contributed by atoms with Crippen molar-refractivity contribution in [3.05, 3.63) is 35.8 Å². The topological polar surface area (TPSA) is 70.2 Å². The Kier molecular flexibility index (Phi) is 5.85. The molecule has 7 nitrogen and oxygen atoms in total. The number of para-hydroxylation sites is 2. The zero-order valence-electron chi connectivity index (χ0n) is 16.3. The van der Waals surface area contributed by atoms with Crippen LogP contribution in [0.25, 0.3) is 0 Å². The molecule has 1 aromatic heterocycles. The van der Waals surface area contributed by atoms with Crippen molar-refractivity contribution < 1.29 is 4.74 Å². The van der Waals surface area contributed by atoms with Crippen molar-refractivity contribution in [1.29, 1.82) is 0 Å². The van der Waals surface area contributed by atoms with E-state index in [0.717, 1.165) is 63.1 Å². The van der Waals surface area contributed by atoms with Gasteiger partial charge in [0.25, 0.3) is 0 Å². The van der Waals surface area contributed by atoms with Crippen LogP contribution in [0.2, 0.25) is 0 Å². The Morgan fingerprint density at radius 3 is 2.79 bits per heavy atom. The molecule has 4 rings (SSSR count). The maximum absolute atomic E-state index is 6.29. The van der Waals surface area contributed by atoms with Crippen LogP contribution in [0, 0.1) is 5.92 Å². The van der Waals surface area contributed by atoms with Crippen LogP contribution in [0.3, 0.4) is 0 Å². The normalized spacial score (nSPS) is 20.7. The number of nitrogens with two attached hydrogens (primary N) is 1. The number of nitrogens with zero attached hydrogens (tertiary/aromatic N) is 5. The summed E-state index contributed by atoms with van der Waals surface area (Å²) in [5.41, 5.74) is 7.46. The minimum Gasteiger partial charge on any atom is -0.495 e. The molecule has 0 amide bonds. The number of benzene rings is 1. The lowest BCUT2D eigenvalue weighted by atomic mass is 10.1. The Morgan fingerprint density at radius 2 is 2.04 bits per heavy atom. The molecular formula is C20H28N6OS. The quantitative estimate of drug-likeness (QED) is 0.612. The first-order chi connectivity index (χ1) is 13.7. The predicted molar refractivity (Wildman–Crippen MR) is 116 cm³/mol. The van der Waals surface area contributed by atoms with Crippen molar-refractivity contribution in [3.8, 4) is 5.75 Å². The van der Waals surface area contributed by atoms with E-state index in [1.54, 1.807) is 18.4 Å². The van der Waals surface area contributed by atoms with Crippen molar-refractivity contribution in [2.75, 3.05) is 62.7 Å². The first-order valence-electron chi connectivity index (χ1n) is 9.82. The maximum atomic E-state index is 6.29. The summed E-state index contributed by atoms with van der Waals surface area (Å²) in [6.45, 7) is 6.48. The van der Waals surface area contributed by atoms with Crippen molar-refractivity contribution in [3.63, 3.8) is 0 Å². The van der Waals surface area contributed by atoms with Crippen LogP contribution in [0.15, 0.2) is 40.8 Å². The second-order valence-corrected chi connectivity index (χ2v) is 8.13. The number of rotatable bonds is 5. The molecule has 2 N–H and O–H groups in total. The van der Waals surface area contributed by atoms with E-state index in [-0.39, 0.29) is 0 Å². The Morgan fingerprint density at radius 1 is 1.21 bits per heavy atom. The lowest BCUT2D eigenvalue weighted by Gasteiger charge is -2.35. The smallest absolute Gasteiger partial charge is 0.191 e. The molecule has 0 bridgehead atoms. The van der Waals surface area contributed by atoms with Gasteiger partial charge in [-0.1, -0.05) is 12.1 Å². The van der Waals surface area contributed by atoms with Crippen molar-refractivity contribution in [2.45, 2.75) is 6.42 Å². The number of aromatic nitrogens is 1. The second kappa shape index (κ2) is 8.68. The first-order valence-corrected chi connectivity index (χ1v) is 10.7. The Bertz CT molecular complexity index is 788. The number of aliphatic imine (C=N–C) groups is 1. The van der Waals surface area contributed by atoms with Crippen molar-refractivity contribution in [1.82, 2.24) is 9.88 Å². The number of hydrogen-bond acceptors (Lipinski definition) is 6. The molecule has 0 spiro atoms. The van der Waals surface area contributed by atoms with E-state index < -0.39 is 0 Å². The van der Waals surface area contributed by atoms with Gasteiger partial charge < -0.3 is 25.2 Å². The van der Waals surface area contributed by atoms with E-state index in [1.165, 1.54) is 5.69 Å². The zero-order valence-corrected chi connectivity index (χ0v) is 17.1. The van der Waals surface area contributed by atoms with Gasteiger partial charge in [0.15, 0.2) is 11.1 Å². The molecule has 150 valence electrons. The summed E-state index contributed by atoms with van der Waals surface area (Å²) in [7, 11) is 1.73. The van der Waals surface area contributed by atoms with Crippen LogP contribution in [-0.2, 0) is 0 Å². The Hall–Kier alpha value is -2.48. The van der Waals surface area contributed by atoms with Gasteiger partial charge in [-0.25, -0.2) is 4.98 Å². The van der Waals surface area contributed by atoms with Crippen molar-refractivity contribution in [2.24, 2.45) is 16.6 Å². The predicted octanol–water partition coefficient (Wildman–Crippen LogP) is 2.11. The van der Waals surface area contributed by atoms with Crippen LogP contribution >= 0.6 is 11.3 Å². The summed E-state index contributed by atoms with van der Waals surface area (Å²) >= 11 is 1.69. The highest BCUT2D eigenvalue weighted by atomic mass is 32.1. The van der Waals surface area contributed by atoms with Gasteiger partial charge in [-0.05, 0) is 24.5 Å². The average Bonchev–Trinajstić information content (AvgIpc) is 3.44. The number of hydrogen-bond donors (Lipinski definition) is 1. The maximum Gasteiger partial charge on any atom is 0.191 e. The van der Waals surface area contributed by atoms with Crippen LogP contribution < -0.4 is 20.3 Å².